The Labute approximate surface area is 327 Å². The molecule has 4 N–H and O–H groups in total. The molecule has 0 aromatic rings. The number of rotatable bonds is 41. The molecule has 0 saturated carbocycles. The van der Waals surface area contributed by atoms with Gasteiger partial charge in [-0.2, -0.15) is 0 Å². The summed E-state index contributed by atoms with van der Waals surface area (Å²) in [6, 6.07) is 0. The zero-order valence-corrected chi connectivity index (χ0v) is 35.2. The summed E-state index contributed by atoms with van der Waals surface area (Å²) in [7, 11) is 0. The summed E-state index contributed by atoms with van der Waals surface area (Å²) in [6.07, 6.45) is 35.0. The van der Waals surface area contributed by atoms with E-state index in [1.54, 1.807) is 0 Å². The molecule has 0 heterocycles. The summed E-state index contributed by atoms with van der Waals surface area (Å²) in [6.45, 7) is 6.67. The Bertz CT molecular complexity index is 775. The summed E-state index contributed by atoms with van der Waals surface area (Å²) in [4.78, 5) is 38.1. The highest BCUT2D eigenvalue weighted by Gasteiger charge is 2.22. The second kappa shape index (κ2) is 40.0. The molecule has 314 valence electrons. The zero-order chi connectivity index (χ0) is 39.0. The summed E-state index contributed by atoms with van der Waals surface area (Å²) in [5.41, 5.74) is 0. The lowest BCUT2D eigenvalue weighted by Gasteiger charge is -2.21. The van der Waals surface area contributed by atoms with E-state index in [1.807, 2.05) is 0 Å². The third-order valence-electron chi connectivity index (χ3n) is 10.6. The molecule has 8 nitrogen and oxygen atoms in total. The first-order valence-electron chi connectivity index (χ1n) is 23.0. The molecule has 0 aliphatic heterocycles. The minimum atomic E-state index is -1.12. The van der Waals surface area contributed by atoms with Crippen LogP contribution in [0.1, 0.15) is 239 Å². The van der Waals surface area contributed by atoms with Crippen LogP contribution in [0.2, 0.25) is 0 Å². The second-order valence-electron chi connectivity index (χ2n) is 15.9. The molecule has 2 unspecified atom stereocenters. The van der Waals surface area contributed by atoms with Crippen molar-refractivity contribution in [2.45, 2.75) is 257 Å². The first kappa shape index (κ1) is 51.3. The lowest BCUT2D eigenvalue weighted by atomic mass is 10.0. The highest BCUT2D eigenvalue weighted by molar-refractivity contribution is 5.81. The van der Waals surface area contributed by atoms with Crippen molar-refractivity contribution in [3.05, 3.63) is 0 Å². The topological polar surface area (TPSA) is 125 Å². The van der Waals surface area contributed by atoms with Crippen molar-refractivity contribution in [2.24, 2.45) is 0 Å². The van der Waals surface area contributed by atoms with Crippen LogP contribution >= 0.6 is 0 Å². The predicted molar refractivity (Wildman–Crippen MR) is 222 cm³/mol. The Balaban J connectivity index is 4.48. The number of aliphatic hydroxyl groups excluding tert-OH is 2. The van der Waals surface area contributed by atoms with Gasteiger partial charge in [0.15, 0.2) is 0 Å². The summed E-state index contributed by atoms with van der Waals surface area (Å²) in [5, 5.41) is 26.4. The fourth-order valence-electron chi connectivity index (χ4n) is 6.91. The number of carbonyl (C=O) groups excluding carboxylic acids is 3. The number of amides is 2. The molecule has 0 bridgehead atoms. The third-order valence-corrected chi connectivity index (χ3v) is 10.6. The fraction of sp³-hybridized carbons (Fsp3) is 0.933. The highest BCUT2D eigenvalue weighted by Crippen LogP contribution is 2.15. The first-order chi connectivity index (χ1) is 25.8. The molecule has 0 aliphatic rings. The van der Waals surface area contributed by atoms with E-state index < -0.39 is 30.1 Å². The van der Waals surface area contributed by atoms with E-state index in [1.165, 1.54) is 141 Å². The number of carbonyl (C=O) groups is 3. The maximum absolute atomic E-state index is 12.7. The monoisotopic (exact) mass is 753 g/mol. The molecule has 0 spiro atoms. The Morgan fingerprint density at radius 2 is 0.679 bits per heavy atom. The molecule has 0 rings (SSSR count). The van der Waals surface area contributed by atoms with Crippen molar-refractivity contribution in [2.75, 3.05) is 13.1 Å². The van der Waals surface area contributed by atoms with Gasteiger partial charge in [0.1, 0.15) is 18.3 Å². The summed E-state index contributed by atoms with van der Waals surface area (Å²) >= 11 is 0. The van der Waals surface area contributed by atoms with Gasteiger partial charge in [-0.05, 0) is 19.3 Å². The maximum Gasteiger partial charge on any atom is 0.306 e. The Kier molecular flexibility index (Phi) is 38.7. The van der Waals surface area contributed by atoms with Crippen LogP contribution in [0, 0.1) is 0 Å². The summed E-state index contributed by atoms with van der Waals surface area (Å²) in [5.74, 6) is -1.33. The van der Waals surface area contributed by atoms with Gasteiger partial charge in [-0.3, -0.25) is 14.4 Å². The largest absolute Gasteiger partial charge is 0.459 e. The minimum Gasteiger partial charge on any atom is -0.459 e. The molecule has 0 aromatic heterocycles. The SMILES string of the molecule is CCCCCCCCCCCCCCC(O)C(=O)NCC(CNC(=O)C(O)CCCCCCCCCCCCCC)OC(=O)CCCCCCCCC. The van der Waals surface area contributed by atoms with Crippen LogP contribution in [0.3, 0.4) is 0 Å². The number of aliphatic hydroxyl groups is 2. The van der Waals surface area contributed by atoms with Crippen LogP contribution in [0.15, 0.2) is 0 Å². The molecule has 0 aliphatic carbocycles. The van der Waals surface area contributed by atoms with Gasteiger partial charge >= 0.3 is 5.97 Å². The van der Waals surface area contributed by atoms with Crippen molar-refractivity contribution in [1.82, 2.24) is 10.6 Å². The zero-order valence-electron chi connectivity index (χ0n) is 35.2. The number of hydrogen-bond acceptors (Lipinski definition) is 6. The van der Waals surface area contributed by atoms with Crippen molar-refractivity contribution >= 4 is 17.8 Å². The molecule has 0 saturated heterocycles. The van der Waals surface area contributed by atoms with E-state index >= 15 is 0 Å². The van der Waals surface area contributed by atoms with Crippen molar-refractivity contribution in [3.8, 4) is 0 Å². The standard InChI is InChI=1S/C45H88N2O6/c1-4-7-10-13-16-18-20-22-24-27-29-32-35-41(48)44(51)46-38-40(53-43(50)37-34-31-26-15-12-9-6-3)39-47-45(52)42(49)36-33-30-28-25-23-21-19-17-14-11-8-5-2/h40-42,48-49H,4-39H2,1-3H3,(H,46,51)(H,47,52). The number of unbranched alkanes of at least 4 members (excludes halogenated alkanes) is 28. The highest BCUT2D eigenvalue weighted by atomic mass is 16.5. The van der Waals surface area contributed by atoms with Crippen LogP contribution in [-0.4, -0.2) is 59.4 Å². The quantitative estimate of drug-likeness (QED) is 0.0364. The molecule has 2 amide bonds. The molecule has 0 aromatic carbocycles. The van der Waals surface area contributed by atoms with Gasteiger partial charge in [-0.1, -0.05) is 213 Å². The molecular weight excluding hydrogens is 665 g/mol. The van der Waals surface area contributed by atoms with E-state index in [-0.39, 0.29) is 25.5 Å². The maximum atomic E-state index is 12.7. The smallest absolute Gasteiger partial charge is 0.306 e. The van der Waals surface area contributed by atoms with Crippen LogP contribution < -0.4 is 10.6 Å². The second-order valence-corrected chi connectivity index (χ2v) is 15.9. The number of ether oxygens (including phenoxy) is 1. The number of esters is 1. The Morgan fingerprint density at radius 1 is 0.415 bits per heavy atom. The fourth-order valence-corrected chi connectivity index (χ4v) is 6.91. The molecule has 0 radical (unpaired) electrons. The average molecular weight is 753 g/mol. The van der Waals surface area contributed by atoms with Crippen LogP contribution in [0.5, 0.6) is 0 Å². The van der Waals surface area contributed by atoms with E-state index in [2.05, 4.69) is 31.4 Å². The van der Waals surface area contributed by atoms with Crippen LogP contribution in [0.4, 0.5) is 0 Å². The van der Waals surface area contributed by atoms with E-state index in [4.69, 9.17) is 4.74 Å². The van der Waals surface area contributed by atoms with Gasteiger partial charge in [-0.15, -0.1) is 0 Å². The average Bonchev–Trinajstić information content (AvgIpc) is 3.15. The van der Waals surface area contributed by atoms with Crippen LogP contribution in [0.25, 0.3) is 0 Å². The lowest BCUT2D eigenvalue weighted by Crippen LogP contribution is -2.46. The molecule has 0 fully saturated rings. The molecule has 53 heavy (non-hydrogen) atoms. The Morgan fingerprint density at radius 3 is 0.981 bits per heavy atom. The Hall–Kier alpha value is -1.67. The lowest BCUT2D eigenvalue weighted by molar-refractivity contribution is -0.150. The van der Waals surface area contributed by atoms with Gasteiger partial charge < -0.3 is 25.6 Å². The van der Waals surface area contributed by atoms with Gasteiger partial charge in [0.25, 0.3) is 0 Å². The van der Waals surface area contributed by atoms with Gasteiger partial charge in [-0.25, -0.2) is 0 Å². The van der Waals surface area contributed by atoms with E-state index in [9.17, 15) is 24.6 Å². The molecule has 2 atom stereocenters. The van der Waals surface area contributed by atoms with Gasteiger partial charge in [0.2, 0.25) is 11.8 Å². The van der Waals surface area contributed by atoms with Crippen molar-refractivity contribution in [1.29, 1.82) is 0 Å². The van der Waals surface area contributed by atoms with Crippen LogP contribution in [-0.2, 0) is 19.1 Å². The van der Waals surface area contributed by atoms with Crippen molar-refractivity contribution < 1.29 is 29.3 Å². The first-order valence-corrected chi connectivity index (χ1v) is 23.0. The normalized spacial score (nSPS) is 13.1. The number of hydrogen-bond donors (Lipinski definition) is 4. The third kappa shape index (κ3) is 35.8. The number of nitrogens with one attached hydrogen (secondary N) is 2. The summed E-state index contributed by atoms with van der Waals surface area (Å²) < 4.78 is 5.68. The van der Waals surface area contributed by atoms with Crippen molar-refractivity contribution in [3.63, 3.8) is 0 Å². The van der Waals surface area contributed by atoms with E-state index in [0.29, 0.717) is 12.8 Å². The minimum absolute atomic E-state index is 0.00773. The van der Waals surface area contributed by atoms with Gasteiger partial charge in [0, 0.05) is 6.42 Å². The molecular formula is C45H88N2O6. The van der Waals surface area contributed by atoms with E-state index in [0.717, 1.165) is 57.8 Å². The predicted octanol–water partition coefficient (Wildman–Crippen LogP) is 11.2. The molecule has 8 heteroatoms. The van der Waals surface area contributed by atoms with Gasteiger partial charge in [0.05, 0.1) is 13.1 Å².